The van der Waals surface area contributed by atoms with E-state index in [1.54, 1.807) is 18.2 Å². The van der Waals surface area contributed by atoms with Crippen LogP contribution in [-0.2, 0) is 0 Å². The topological polar surface area (TPSA) is 12.0 Å². The molecule has 0 aromatic heterocycles. The molecule has 94 valence electrons. The zero-order chi connectivity index (χ0) is 12.8. The zero-order valence-corrected chi connectivity index (χ0v) is 11.1. The molecule has 1 aromatic carbocycles. The summed E-state index contributed by atoms with van der Waals surface area (Å²) in [7, 11) is 0. The van der Waals surface area contributed by atoms with Crippen LogP contribution in [0.25, 0.3) is 0 Å². The first-order valence-corrected chi connectivity index (χ1v) is 6.25. The number of nitrogens with one attached hydrogen (secondary N) is 1. The fourth-order valence-electron chi connectivity index (χ4n) is 1.79. The number of allylic oxidation sites excluding steroid dienone is 1. The van der Waals surface area contributed by atoms with E-state index in [-0.39, 0.29) is 16.9 Å². The van der Waals surface area contributed by atoms with Crippen LogP contribution in [0.4, 0.5) is 4.39 Å². The number of rotatable bonds is 6. The van der Waals surface area contributed by atoms with Crippen molar-refractivity contribution in [2.75, 3.05) is 6.54 Å². The van der Waals surface area contributed by atoms with Crippen LogP contribution in [0.5, 0.6) is 0 Å². The summed E-state index contributed by atoms with van der Waals surface area (Å²) in [6, 6.07) is 5.14. The van der Waals surface area contributed by atoms with E-state index in [2.05, 4.69) is 11.9 Å². The van der Waals surface area contributed by atoms with Gasteiger partial charge in [0.05, 0.1) is 5.02 Å². The summed E-state index contributed by atoms with van der Waals surface area (Å²) in [5, 5.41) is 3.46. The molecule has 1 rings (SSSR count). The maximum absolute atomic E-state index is 13.9. The molecule has 1 N–H and O–H groups in total. The fourth-order valence-corrected chi connectivity index (χ4v) is 1.98. The lowest BCUT2D eigenvalue weighted by Gasteiger charge is -2.19. The standard InChI is InChI=1S/C14H19ClFN/c1-4-17-13(9-8-10(2)3)11-6-5-7-12(15)14(11)16/h5-7,13,17H,2,4,8-9H2,1,3H3. The molecule has 1 atom stereocenters. The van der Waals surface area contributed by atoms with Gasteiger partial charge in [0.15, 0.2) is 0 Å². The van der Waals surface area contributed by atoms with Crippen molar-refractivity contribution < 1.29 is 4.39 Å². The number of halogens is 2. The van der Waals surface area contributed by atoms with Gasteiger partial charge in [0.1, 0.15) is 5.82 Å². The first kappa shape index (κ1) is 14.2. The molecule has 1 aromatic rings. The third-order valence-corrected chi connectivity index (χ3v) is 2.96. The second-order valence-corrected chi connectivity index (χ2v) is 4.66. The molecule has 17 heavy (non-hydrogen) atoms. The number of benzene rings is 1. The molecule has 1 nitrogen and oxygen atoms in total. The van der Waals surface area contributed by atoms with E-state index in [0.29, 0.717) is 5.56 Å². The summed E-state index contributed by atoms with van der Waals surface area (Å²) in [5.41, 5.74) is 1.75. The third kappa shape index (κ3) is 4.14. The zero-order valence-electron chi connectivity index (χ0n) is 10.4. The molecule has 0 aliphatic heterocycles. The van der Waals surface area contributed by atoms with Gasteiger partial charge in [0.25, 0.3) is 0 Å². The summed E-state index contributed by atoms with van der Waals surface area (Å²) in [6.45, 7) is 8.67. The largest absolute Gasteiger partial charge is 0.310 e. The Morgan fingerprint density at radius 1 is 1.53 bits per heavy atom. The molecular formula is C14H19ClFN. The molecule has 0 saturated carbocycles. The molecule has 0 amide bonds. The van der Waals surface area contributed by atoms with Gasteiger partial charge in [-0.05, 0) is 32.4 Å². The smallest absolute Gasteiger partial charge is 0.146 e. The quantitative estimate of drug-likeness (QED) is 0.739. The Kier molecular flexibility index (Phi) is 5.66. The maximum Gasteiger partial charge on any atom is 0.146 e. The average molecular weight is 256 g/mol. The SMILES string of the molecule is C=C(C)CCC(NCC)c1cccc(Cl)c1F. The van der Waals surface area contributed by atoms with Crippen LogP contribution >= 0.6 is 11.6 Å². The molecule has 0 heterocycles. The Hall–Kier alpha value is -0.860. The molecule has 0 fully saturated rings. The van der Waals surface area contributed by atoms with Crippen LogP contribution in [0.2, 0.25) is 5.02 Å². The minimum Gasteiger partial charge on any atom is -0.310 e. The highest BCUT2D eigenvalue weighted by molar-refractivity contribution is 6.30. The average Bonchev–Trinajstić information content (AvgIpc) is 2.28. The van der Waals surface area contributed by atoms with Gasteiger partial charge in [-0.3, -0.25) is 0 Å². The van der Waals surface area contributed by atoms with E-state index >= 15 is 0 Å². The van der Waals surface area contributed by atoms with Crippen molar-refractivity contribution in [3.63, 3.8) is 0 Å². The summed E-state index contributed by atoms with van der Waals surface area (Å²) in [5.74, 6) is -0.318. The number of hydrogen-bond donors (Lipinski definition) is 1. The van der Waals surface area contributed by atoms with Gasteiger partial charge in [0, 0.05) is 11.6 Å². The molecule has 0 aliphatic rings. The van der Waals surface area contributed by atoms with E-state index in [0.717, 1.165) is 25.0 Å². The van der Waals surface area contributed by atoms with E-state index in [1.807, 2.05) is 13.8 Å². The Bertz CT molecular complexity index is 390. The molecule has 0 aliphatic carbocycles. The van der Waals surface area contributed by atoms with Crippen molar-refractivity contribution in [1.29, 1.82) is 0 Å². The molecule has 0 saturated heterocycles. The van der Waals surface area contributed by atoms with Crippen molar-refractivity contribution in [2.24, 2.45) is 0 Å². The van der Waals surface area contributed by atoms with E-state index < -0.39 is 0 Å². The van der Waals surface area contributed by atoms with E-state index in [1.165, 1.54) is 0 Å². The van der Waals surface area contributed by atoms with Gasteiger partial charge in [-0.1, -0.05) is 36.2 Å². The predicted octanol–water partition coefficient (Wildman–Crippen LogP) is 4.49. The van der Waals surface area contributed by atoms with Gasteiger partial charge in [0.2, 0.25) is 0 Å². The first-order valence-electron chi connectivity index (χ1n) is 5.88. The lowest BCUT2D eigenvalue weighted by Crippen LogP contribution is -2.22. The predicted molar refractivity (Wildman–Crippen MR) is 71.9 cm³/mol. The van der Waals surface area contributed by atoms with Gasteiger partial charge >= 0.3 is 0 Å². The number of hydrogen-bond acceptors (Lipinski definition) is 1. The van der Waals surface area contributed by atoms with E-state index in [9.17, 15) is 4.39 Å². The second kappa shape index (κ2) is 6.77. The first-order chi connectivity index (χ1) is 8.06. The van der Waals surface area contributed by atoms with E-state index in [4.69, 9.17) is 11.6 Å². The molecule has 3 heteroatoms. The molecule has 1 unspecified atom stereocenters. The summed E-state index contributed by atoms with van der Waals surface area (Å²) < 4.78 is 13.9. The lowest BCUT2D eigenvalue weighted by molar-refractivity contribution is 0.485. The summed E-state index contributed by atoms with van der Waals surface area (Å²) >= 11 is 5.80. The Morgan fingerprint density at radius 3 is 2.82 bits per heavy atom. The van der Waals surface area contributed by atoms with Crippen LogP contribution in [0, 0.1) is 5.82 Å². The van der Waals surface area contributed by atoms with Gasteiger partial charge < -0.3 is 5.32 Å². The van der Waals surface area contributed by atoms with Crippen molar-refractivity contribution in [1.82, 2.24) is 5.32 Å². The second-order valence-electron chi connectivity index (χ2n) is 4.25. The van der Waals surface area contributed by atoms with Gasteiger partial charge in [-0.2, -0.15) is 0 Å². The van der Waals surface area contributed by atoms with Crippen LogP contribution in [0.15, 0.2) is 30.4 Å². The Labute approximate surface area is 108 Å². The molecule has 0 bridgehead atoms. The maximum atomic E-state index is 13.9. The van der Waals surface area contributed by atoms with Crippen LogP contribution in [-0.4, -0.2) is 6.54 Å². The minimum atomic E-state index is -0.318. The Morgan fingerprint density at radius 2 is 2.24 bits per heavy atom. The highest BCUT2D eigenvalue weighted by Crippen LogP contribution is 2.27. The van der Waals surface area contributed by atoms with Gasteiger partial charge in [-0.25, -0.2) is 4.39 Å². The van der Waals surface area contributed by atoms with Crippen molar-refractivity contribution >= 4 is 11.6 Å². The van der Waals surface area contributed by atoms with Crippen molar-refractivity contribution in [3.8, 4) is 0 Å². The fraction of sp³-hybridized carbons (Fsp3) is 0.429. The van der Waals surface area contributed by atoms with Crippen LogP contribution < -0.4 is 5.32 Å². The Balaban J connectivity index is 2.88. The minimum absolute atomic E-state index is 0.00426. The van der Waals surface area contributed by atoms with Gasteiger partial charge in [-0.15, -0.1) is 6.58 Å². The molecule has 0 spiro atoms. The van der Waals surface area contributed by atoms with Crippen LogP contribution in [0.1, 0.15) is 38.3 Å². The normalized spacial score (nSPS) is 12.5. The third-order valence-electron chi connectivity index (χ3n) is 2.67. The monoisotopic (exact) mass is 255 g/mol. The van der Waals surface area contributed by atoms with Crippen molar-refractivity contribution in [3.05, 3.63) is 46.8 Å². The summed E-state index contributed by atoms with van der Waals surface area (Å²) in [4.78, 5) is 0. The highest BCUT2D eigenvalue weighted by Gasteiger charge is 2.16. The summed E-state index contributed by atoms with van der Waals surface area (Å²) in [6.07, 6.45) is 1.71. The van der Waals surface area contributed by atoms with Crippen LogP contribution in [0.3, 0.4) is 0 Å². The highest BCUT2D eigenvalue weighted by atomic mass is 35.5. The molecular weight excluding hydrogens is 237 g/mol. The molecule has 0 radical (unpaired) electrons. The van der Waals surface area contributed by atoms with Crippen molar-refractivity contribution in [2.45, 2.75) is 32.7 Å². The lowest BCUT2D eigenvalue weighted by atomic mass is 9.99.